The summed E-state index contributed by atoms with van der Waals surface area (Å²) in [6.45, 7) is 0. The van der Waals surface area contributed by atoms with E-state index in [9.17, 15) is 14.7 Å². The van der Waals surface area contributed by atoms with Crippen LogP contribution >= 0.6 is 0 Å². The van der Waals surface area contributed by atoms with Crippen LogP contribution in [0, 0.1) is 35.5 Å². The zero-order valence-corrected chi connectivity index (χ0v) is 11.5. The van der Waals surface area contributed by atoms with Gasteiger partial charge in [-0.15, -0.1) is 0 Å². The van der Waals surface area contributed by atoms with Gasteiger partial charge >= 0.3 is 5.97 Å². The summed E-state index contributed by atoms with van der Waals surface area (Å²) in [6.07, 6.45) is 9.78. The zero-order valence-electron chi connectivity index (χ0n) is 11.5. The van der Waals surface area contributed by atoms with E-state index in [1.54, 1.807) is 0 Å². The molecule has 0 aliphatic heterocycles. The van der Waals surface area contributed by atoms with Crippen molar-refractivity contribution >= 4 is 11.9 Å². The number of carbonyl (C=O) groups is 2. The van der Waals surface area contributed by atoms with Crippen molar-refractivity contribution in [3.63, 3.8) is 0 Å². The number of carboxylic acid groups (broad SMARTS) is 1. The number of rotatable bonds is 3. The molecule has 108 valence electrons. The van der Waals surface area contributed by atoms with E-state index in [0.29, 0.717) is 12.0 Å². The molecule has 2 N–H and O–H groups in total. The first-order valence-corrected chi connectivity index (χ1v) is 7.85. The Morgan fingerprint density at radius 3 is 2.35 bits per heavy atom. The Morgan fingerprint density at radius 2 is 1.75 bits per heavy atom. The first kappa shape index (κ1) is 12.4. The maximum atomic E-state index is 12.6. The Balaban J connectivity index is 1.48. The number of amides is 1. The lowest BCUT2D eigenvalue weighted by Crippen LogP contribution is -2.46. The molecular formula is C16H21NO3. The molecule has 0 aromatic heterocycles. The highest BCUT2D eigenvalue weighted by atomic mass is 16.4. The molecule has 4 bridgehead atoms. The molecule has 3 fully saturated rings. The molecule has 0 heterocycles. The van der Waals surface area contributed by atoms with Gasteiger partial charge in [-0.25, -0.2) is 0 Å². The molecule has 4 aliphatic carbocycles. The van der Waals surface area contributed by atoms with Crippen LogP contribution in [-0.2, 0) is 9.59 Å². The molecule has 3 saturated carbocycles. The molecule has 7 atom stereocenters. The van der Waals surface area contributed by atoms with Gasteiger partial charge in [0.15, 0.2) is 0 Å². The van der Waals surface area contributed by atoms with Gasteiger partial charge in [-0.2, -0.15) is 0 Å². The van der Waals surface area contributed by atoms with Crippen LogP contribution in [0.2, 0.25) is 0 Å². The summed E-state index contributed by atoms with van der Waals surface area (Å²) in [5, 5.41) is 12.6. The monoisotopic (exact) mass is 275 g/mol. The van der Waals surface area contributed by atoms with Gasteiger partial charge < -0.3 is 10.4 Å². The van der Waals surface area contributed by atoms with Crippen molar-refractivity contribution in [1.82, 2.24) is 5.32 Å². The number of hydrogen-bond donors (Lipinski definition) is 2. The zero-order chi connectivity index (χ0) is 13.9. The van der Waals surface area contributed by atoms with Crippen molar-refractivity contribution in [3.8, 4) is 0 Å². The number of fused-ring (bicyclic) bond motifs is 4. The predicted molar refractivity (Wildman–Crippen MR) is 72.7 cm³/mol. The van der Waals surface area contributed by atoms with Crippen LogP contribution in [0.25, 0.3) is 0 Å². The molecule has 0 radical (unpaired) electrons. The number of hydrogen-bond acceptors (Lipinski definition) is 2. The summed E-state index contributed by atoms with van der Waals surface area (Å²) in [5.74, 6) is -0.0400. The third kappa shape index (κ3) is 1.73. The van der Waals surface area contributed by atoms with Crippen molar-refractivity contribution in [1.29, 1.82) is 0 Å². The Morgan fingerprint density at radius 1 is 1.00 bits per heavy atom. The maximum Gasteiger partial charge on any atom is 0.307 e. The standard InChI is InChI=1S/C16H21NO3/c18-15(17-12-6-8-1-2-9(12)5-8)13-10-3-4-11(7-10)14(13)16(19)20/h3-4,8-14H,1-2,5-7H2,(H,17,18)(H,19,20)/t8-,9-,10-,11-,12-,13-,14+/m0/s1. The van der Waals surface area contributed by atoms with Crippen LogP contribution in [-0.4, -0.2) is 23.0 Å². The summed E-state index contributed by atoms with van der Waals surface area (Å²) < 4.78 is 0. The van der Waals surface area contributed by atoms with E-state index in [-0.39, 0.29) is 23.7 Å². The van der Waals surface area contributed by atoms with E-state index in [4.69, 9.17) is 0 Å². The van der Waals surface area contributed by atoms with Crippen molar-refractivity contribution < 1.29 is 14.7 Å². The van der Waals surface area contributed by atoms with E-state index < -0.39 is 11.9 Å². The fourth-order valence-corrected chi connectivity index (χ4v) is 5.22. The summed E-state index contributed by atoms with van der Waals surface area (Å²) in [7, 11) is 0. The topological polar surface area (TPSA) is 66.4 Å². The van der Waals surface area contributed by atoms with Gasteiger partial charge in [-0.3, -0.25) is 9.59 Å². The van der Waals surface area contributed by atoms with E-state index in [2.05, 4.69) is 11.4 Å². The summed E-state index contributed by atoms with van der Waals surface area (Å²) >= 11 is 0. The molecule has 20 heavy (non-hydrogen) atoms. The molecular weight excluding hydrogens is 254 g/mol. The number of carboxylic acids is 1. The third-order valence-electron chi connectivity index (χ3n) is 6.11. The highest BCUT2D eigenvalue weighted by Gasteiger charge is 2.52. The minimum absolute atomic E-state index is 0.00759. The number of nitrogens with one attached hydrogen (secondary N) is 1. The van der Waals surface area contributed by atoms with Crippen molar-refractivity contribution in [2.24, 2.45) is 35.5 Å². The maximum absolute atomic E-state index is 12.6. The smallest absolute Gasteiger partial charge is 0.307 e. The molecule has 4 rings (SSSR count). The van der Waals surface area contributed by atoms with Gasteiger partial charge in [0.25, 0.3) is 0 Å². The van der Waals surface area contributed by atoms with Gasteiger partial charge in [0.1, 0.15) is 0 Å². The quantitative estimate of drug-likeness (QED) is 0.772. The molecule has 4 heteroatoms. The van der Waals surface area contributed by atoms with E-state index in [1.165, 1.54) is 19.3 Å². The summed E-state index contributed by atoms with van der Waals surface area (Å²) in [4.78, 5) is 24.0. The van der Waals surface area contributed by atoms with Crippen LogP contribution in [0.5, 0.6) is 0 Å². The number of carbonyl (C=O) groups excluding carboxylic acids is 1. The van der Waals surface area contributed by atoms with E-state index in [1.807, 2.05) is 6.08 Å². The molecule has 1 amide bonds. The number of aliphatic carboxylic acids is 1. The Bertz CT molecular complexity index is 486. The third-order valence-corrected chi connectivity index (χ3v) is 6.11. The Hall–Kier alpha value is -1.32. The van der Waals surface area contributed by atoms with Crippen molar-refractivity contribution in [2.75, 3.05) is 0 Å². The molecule has 4 nitrogen and oxygen atoms in total. The SMILES string of the molecule is O=C(N[C@H]1C[C@H]2CC[C@H]1C2)[C@@H]1[C@H](C(=O)O)[C@H]2C=C[C@H]1C2. The molecule has 0 saturated heterocycles. The highest BCUT2D eigenvalue weighted by Crippen LogP contribution is 2.49. The first-order valence-electron chi connectivity index (χ1n) is 7.85. The van der Waals surface area contributed by atoms with Crippen LogP contribution in [0.3, 0.4) is 0 Å². The fourth-order valence-electron chi connectivity index (χ4n) is 5.22. The van der Waals surface area contributed by atoms with E-state index >= 15 is 0 Å². The van der Waals surface area contributed by atoms with Gasteiger partial charge in [-0.1, -0.05) is 18.6 Å². The lowest BCUT2D eigenvalue weighted by molar-refractivity contribution is -0.148. The molecule has 0 spiro atoms. The van der Waals surface area contributed by atoms with Crippen LogP contribution in [0.1, 0.15) is 32.1 Å². The molecule has 0 aromatic carbocycles. The van der Waals surface area contributed by atoms with Crippen molar-refractivity contribution in [2.45, 2.75) is 38.1 Å². The van der Waals surface area contributed by atoms with E-state index in [0.717, 1.165) is 18.8 Å². The number of allylic oxidation sites excluding steroid dienone is 2. The predicted octanol–water partition coefficient (Wildman–Crippen LogP) is 1.81. The minimum Gasteiger partial charge on any atom is -0.481 e. The van der Waals surface area contributed by atoms with Gasteiger partial charge in [0, 0.05) is 6.04 Å². The Kier molecular flexibility index (Phi) is 2.69. The second-order valence-corrected chi connectivity index (χ2v) is 7.13. The van der Waals surface area contributed by atoms with Crippen LogP contribution in [0.15, 0.2) is 12.2 Å². The molecule has 0 aromatic rings. The van der Waals surface area contributed by atoms with Gasteiger partial charge in [0.2, 0.25) is 5.91 Å². The van der Waals surface area contributed by atoms with Crippen LogP contribution < -0.4 is 5.32 Å². The second-order valence-electron chi connectivity index (χ2n) is 7.13. The average Bonchev–Trinajstić information content (AvgIpc) is 3.16. The van der Waals surface area contributed by atoms with Crippen LogP contribution in [0.4, 0.5) is 0 Å². The Labute approximate surface area is 118 Å². The van der Waals surface area contributed by atoms with Crippen molar-refractivity contribution in [3.05, 3.63) is 12.2 Å². The molecule has 4 aliphatic rings. The lowest BCUT2D eigenvalue weighted by atomic mass is 9.82. The fraction of sp³-hybridized carbons (Fsp3) is 0.750. The average molecular weight is 275 g/mol. The normalized spacial score (nSPS) is 47.9. The van der Waals surface area contributed by atoms with Gasteiger partial charge in [-0.05, 0) is 49.4 Å². The second kappa shape index (κ2) is 4.34. The minimum atomic E-state index is -0.810. The lowest BCUT2D eigenvalue weighted by Gasteiger charge is -2.28. The summed E-state index contributed by atoms with van der Waals surface area (Å²) in [6, 6.07) is 0.304. The summed E-state index contributed by atoms with van der Waals surface area (Å²) in [5.41, 5.74) is 0. The molecule has 0 unspecified atom stereocenters. The highest BCUT2D eigenvalue weighted by molar-refractivity contribution is 5.87. The first-order chi connectivity index (χ1) is 9.63. The van der Waals surface area contributed by atoms with Gasteiger partial charge in [0.05, 0.1) is 11.8 Å². The largest absolute Gasteiger partial charge is 0.481 e.